The van der Waals surface area contributed by atoms with Crippen molar-refractivity contribution >= 4 is 11.3 Å². The molecule has 0 fully saturated rings. The molecule has 74 valence electrons. The summed E-state index contributed by atoms with van der Waals surface area (Å²) < 4.78 is 0. The molecule has 0 aliphatic heterocycles. The Morgan fingerprint density at radius 3 is 2.54 bits per heavy atom. The van der Waals surface area contributed by atoms with E-state index >= 15 is 0 Å². The first-order valence-corrected chi connectivity index (χ1v) is 5.14. The molecule has 0 saturated heterocycles. The fraction of sp³-hybridized carbons (Fsp3) is 0.667. The van der Waals surface area contributed by atoms with Gasteiger partial charge in [-0.15, -0.1) is 0 Å². The Labute approximate surface area is 82.2 Å². The van der Waals surface area contributed by atoms with Crippen LogP contribution in [0.15, 0.2) is 4.79 Å². The molecular formula is C9H16N2OS. The SMILES string of the molecule is CNCc1sc(=O)[nH]c1C(C)(C)C. The number of aromatic nitrogens is 1. The van der Waals surface area contributed by atoms with Gasteiger partial charge in [0, 0.05) is 22.5 Å². The average Bonchev–Trinajstić information content (AvgIpc) is 2.30. The summed E-state index contributed by atoms with van der Waals surface area (Å²) in [5.74, 6) is 0. The number of aromatic amines is 1. The van der Waals surface area contributed by atoms with Gasteiger partial charge in [0.15, 0.2) is 0 Å². The van der Waals surface area contributed by atoms with Crippen LogP contribution in [-0.4, -0.2) is 12.0 Å². The first-order chi connectivity index (χ1) is 5.95. The highest BCUT2D eigenvalue weighted by atomic mass is 32.1. The van der Waals surface area contributed by atoms with Gasteiger partial charge >= 0.3 is 4.87 Å². The van der Waals surface area contributed by atoms with Crippen LogP contribution in [0.25, 0.3) is 0 Å². The van der Waals surface area contributed by atoms with Crippen LogP contribution < -0.4 is 10.2 Å². The first kappa shape index (κ1) is 10.5. The molecule has 0 saturated carbocycles. The van der Waals surface area contributed by atoms with Crippen molar-refractivity contribution in [3.63, 3.8) is 0 Å². The second-order valence-electron chi connectivity index (χ2n) is 4.09. The zero-order chi connectivity index (χ0) is 10.1. The van der Waals surface area contributed by atoms with Gasteiger partial charge < -0.3 is 10.3 Å². The van der Waals surface area contributed by atoms with Crippen molar-refractivity contribution in [3.05, 3.63) is 20.2 Å². The molecule has 0 bridgehead atoms. The lowest BCUT2D eigenvalue weighted by molar-refractivity contribution is 0.562. The van der Waals surface area contributed by atoms with Gasteiger partial charge in [0.2, 0.25) is 0 Å². The van der Waals surface area contributed by atoms with Gasteiger partial charge in [-0.3, -0.25) is 4.79 Å². The largest absolute Gasteiger partial charge is 0.316 e. The Morgan fingerprint density at radius 2 is 2.08 bits per heavy atom. The molecule has 1 aromatic heterocycles. The molecule has 1 heterocycles. The Bertz CT molecular complexity index is 332. The minimum absolute atomic E-state index is 0.0192. The molecule has 3 nitrogen and oxygen atoms in total. The summed E-state index contributed by atoms with van der Waals surface area (Å²) >= 11 is 1.29. The summed E-state index contributed by atoms with van der Waals surface area (Å²) in [4.78, 5) is 15.2. The molecule has 0 aromatic carbocycles. The molecule has 13 heavy (non-hydrogen) atoms. The summed E-state index contributed by atoms with van der Waals surface area (Å²) in [6.45, 7) is 7.06. The molecule has 1 aromatic rings. The highest BCUT2D eigenvalue weighted by Gasteiger charge is 2.20. The van der Waals surface area contributed by atoms with Gasteiger partial charge in [-0.1, -0.05) is 32.1 Å². The van der Waals surface area contributed by atoms with Crippen molar-refractivity contribution in [2.45, 2.75) is 32.7 Å². The van der Waals surface area contributed by atoms with Crippen LogP contribution in [0.3, 0.4) is 0 Å². The Morgan fingerprint density at radius 1 is 1.46 bits per heavy atom. The van der Waals surface area contributed by atoms with Crippen LogP contribution >= 0.6 is 11.3 Å². The summed E-state index contributed by atoms with van der Waals surface area (Å²) in [5.41, 5.74) is 1.07. The van der Waals surface area contributed by atoms with E-state index in [9.17, 15) is 4.79 Å². The van der Waals surface area contributed by atoms with Crippen LogP contribution in [0.4, 0.5) is 0 Å². The number of thiazole rings is 1. The Kier molecular flexibility index (Phi) is 2.93. The number of hydrogen-bond donors (Lipinski definition) is 2. The van der Waals surface area contributed by atoms with E-state index in [-0.39, 0.29) is 10.3 Å². The predicted octanol–water partition coefficient (Wildman–Crippen LogP) is 1.45. The number of nitrogens with one attached hydrogen (secondary N) is 2. The second kappa shape index (κ2) is 3.64. The standard InChI is InChI=1S/C9H16N2OS/c1-9(2,3)7-6(5-10-4)13-8(12)11-7/h10H,5H2,1-4H3,(H,11,12). The molecular weight excluding hydrogens is 184 g/mol. The van der Waals surface area contributed by atoms with Gasteiger partial charge in [0.05, 0.1) is 0 Å². The van der Waals surface area contributed by atoms with Gasteiger partial charge in [-0.25, -0.2) is 0 Å². The summed E-state index contributed by atoms with van der Waals surface area (Å²) in [6, 6.07) is 0. The molecule has 0 unspecified atom stereocenters. The van der Waals surface area contributed by atoms with Gasteiger partial charge in [0.25, 0.3) is 0 Å². The third-order valence-electron chi connectivity index (χ3n) is 1.81. The fourth-order valence-electron chi connectivity index (χ4n) is 1.25. The quantitative estimate of drug-likeness (QED) is 0.759. The van der Waals surface area contributed by atoms with E-state index in [1.54, 1.807) is 0 Å². The third kappa shape index (κ3) is 2.42. The van der Waals surface area contributed by atoms with Crippen LogP contribution in [0.5, 0.6) is 0 Å². The third-order valence-corrected chi connectivity index (χ3v) is 2.69. The van der Waals surface area contributed by atoms with Crippen LogP contribution in [0, 0.1) is 0 Å². The smallest absolute Gasteiger partial charge is 0.305 e. The maximum Gasteiger partial charge on any atom is 0.305 e. The van der Waals surface area contributed by atoms with Crippen molar-refractivity contribution in [3.8, 4) is 0 Å². The van der Waals surface area contributed by atoms with E-state index < -0.39 is 0 Å². The van der Waals surface area contributed by atoms with Crippen LogP contribution in [-0.2, 0) is 12.0 Å². The molecule has 0 amide bonds. The Balaban J connectivity index is 3.12. The van der Waals surface area contributed by atoms with E-state index in [1.165, 1.54) is 11.3 Å². The normalized spacial score (nSPS) is 12.0. The molecule has 0 spiro atoms. The summed E-state index contributed by atoms with van der Waals surface area (Å²) in [6.07, 6.45) is 0. The maximum atomic E-state index is 11.2. The second-order valence-corrected chi connectivity index (χ2v) is 5.16. The van der Waals surface area contributed by atoms with E-state index in [1.807, 2.05) is 7.05 Å². The number of H-pyrrole nitrogens is 1. The first-order valence-electron chi connectivity index (χ1n) is 4.32. The fourth-order valence-corrected chi connectivity index (χ4v) is 2.30. The zero-order valence-corrected chi connectivity index (χ0v) is 9.34. The summed E-state index contributed by atoms with van der Waals surface area (Å²) in [7, 11) is 1.89. The molecule has 4 heteroatoms. The molecule has 0 radical (unpaired) electrons. The minimum atomic E-state index is 0.0192. The number of hydrogen-bond acceptors (Lipinski definition) is 3. The maximum absolute atomic E-state index is 11.2. The van der Waals surface area contributed by atoms with Crippen molar-refractivity contribution in [1.82, 2.24) is 10.3 Å². The molecule has 0 aliphatic rings. The van der Waals surface area contributed by atoms with Crippen molar-refractivity contribution in [2.24, 2.45) is 0 Å². The monoisotopic (exact) mass is 200 g/mol. The lowest BCUT2D eigenvalue weighted by Crippen LogP contribution is -2.17. The Hall–Kier alpha value is -0.610. The minimum Gasteiger partial charge on any atom is -0.316 e. The molecule has 0 aliphatic carbocycles. The molecule has 1 rings (SSSR count). The highest BCUT2D eigenvalue weighted by molar-refractivity contribution is 7.09. The van der Waals surface area contributed by atoms with E-state index in [0.29, 0.717) is 0 Å². The number of rotatable bonds is 2. The van der Waals surface area contributed by atoms with Gasteiger partial charge in [-0.05, 0) is 7.05 Å². The summed E-state index contributed by atoms with van der Waals surface area (Å²) in [5, 5.41) is 3.06. The van der Waals surface area contributed by atoms with Crippen LogP contribution in [0.1, 0.15) is 31.3 Å². The van der Waals surface area contributed by atoms with E-state index in [2.05, 4.69) is 31.1 Å². The van der Waals surface area contributed by atoms with Crippen molar-refractivity contribution in [2.75, 3.05) is 7.05 Å². The van der Waals surface area contributed by atoms with Gasteiger partial charge in [-0.2, -0.15) is 0 Å². The van der Waals surface area contributed by atoms with E-state index in [4.69, 9.17) is 0 Å². The zero-order valence-electron chi connectivity index (χ0n) is 8.52. The van der Waals surface area contributed by atoms with Gasteiger partial charge in [0.1, 0.15) is 0 Å². The highest BCUT2D eigenvalue weighted by Crippen LogP contribution is 2.24. The predicted molar refractivity (Wildman–Crippen MR) is 56.4 cm³/mol. The topological polar surface area (TPSA) is 44.9 Å². The average molecular weight is 200 g/mol. The van der Waals surface area contributed by atoms with Crippen LogP contribution in [0.2, 0.25) is 0 Å². The molecule has 2 N–H and O–H groups in total. The van der Waals surface area contributed by atoms with Crippen molar-refractivity contribution < 1.29 is 0 Å². The lowest BCUT2D eigenvalue weighted by atomic mass is 9.91. The van der Waals surface area contributed by atoms with E-state index in [0.717, 1.165) is 17.1 Å². The molecule has 0 atom stereocenters. The lowest BCUT2D eigenvalue weighted by Gasteiger charge is -2.18. The van der Waals surface area contributed by atoms with Crippen molar-refractivity contribution in [1.29, 1.82) is 0 Å².